The number of aliphatic hydroxyl groups is 1. The topological polar surface area (TPSA) is 61.8 Å². The number of likely N-dealkylation sites (N-methyl/N-ethyl adjacent to an activating group) is 1. The lowest BCUT2D eigenvalue weighted by Crippen LogP contribution is -2.40. The molecule has 0 aliphatic carbocycles. The first-order chi connectivity index (χ1) is 9.35. The van der Waals surface area contributed by atoms with Crippen molar-refractivity contribution >= 4 is 11.7 Å². The van der Waals surface area contributed by atoms with E-state index >= 15 is 0 Å². The van der Waals surface area contributed by atoms with E-state index in [4.69, 9.17) is 5.11 Å². The molecule has 2 amide bonds. The van der Waals surface area contributed by atoms with Crippen molar-refractivity contribution in [2.45, 2.75) is 26.5 Å². The number of aliphatic hydroxyl groups excluding tert-OH is 1. The molecule has 0 heterocycles. The summed E-state index contributed by atoms with van der Waals surface area (Å²) in [6.07, 6.45) is 0. The van der Waals surface area contributed by atoms with Crippen LogP contribution in [-0.2, 0) is 0 Å². The summed E-state index contributed by atoms with van der Waals surface area (Å²) in [5.74, 6) is 0.00987. The van der Waals surface area contributed by atoms with Crippen molar-refractivity contribution in [3.8, 4) is 5.75 Å². The number of rotatable bonds is 5. The van der Waals surface area contributed by atoms with Crippen molar-refractivity contribution in [2.24, 2.45) is 0 Å². The lowest BCUT2D eigenvalue weighted by molar-refractivity contribution is -0.0502. The summed E-state index contributed by atoms with van der Waals surface area (Å²) >= 11 is 0. The van der Waals surface area contributed by atoms with Gasteiger partial charge < -0.3 is 20.1 Å². The molecule has 1 aromatic rings. The van der Waals surface area contributed by atoms with Crippen LogP contribution in [0, 0.1) is 6.92 Å². The van der Waals surface area contributed by atoms with Gasteiger partial charge >= 0.3 is 12.6 Å². The van der Waals surface area contributed by atoms with E-state index < -0.39 is 12.6 Å². The minimum absolute atomic E-state index is 0.00987. The van der Waals surface area contributed by atoms with Crippen molar-refractivity contribution in [1.29, 1.82) is 0 Å². The maximum Gasteiger partial charge on any atom is 0.387 e. The Kier molecular flexibility index (Phi) is 5.69. The average Bonchev–Trinajstić information content (AvgIpc) is 2.40. The zero-order chi connectivity index (χ0) is 15.3. The number of amides is 2. The SMILES string of the molecule is Cc1ccc(NC(=O)N(C)C(C)CO)cc1OC(F)F. The van der Waals surface area contributed by atoms with Gasteiger partial charge in [-0.2, -0.15) is 8.78 Å². The second-order valence-corrected chi connectivity index (χ2v) is 4.43. The highest BCUT2D eigenvalue weighted by Gasteiger charge is 2.15. The molecule has 0 radical (unpaired) electrons. The van der Waals surface area contributed by atoms with Gasteiger partial charge in [0.2, 0.25) is 0 Å². The summed E-state index contributed by atoms with van der Waals surface area (Å²) in [6.45, 7) is 0.220. The number of hydrogen-bond acceptors (Lipinski definition) is 3. The zero-order valence-electron chi connectivity index (χ0n) is 11.6. The normalized spacial score (nSPS) is 12.2. The number of ether oxygens (including phenoxy) is 1. The van der Waals surface area contributed by atoms with E-state index in [1.54, 1.807) is 26.0 Å². The van der Waals surface area contributed by atoms with Crippen molar-refractivity contribution in [3.05, 3.63) is 23.8 Å². The first-order valence-corrected chi connectivity index (χ1v) is 6.05. The maximum atomic E-state index is 12.2. The molecule has 7 heteroatoms. The molecule has 1 unspecified atom stereocenters. The molecule has 0 saturated heterocycles. The van der Waals surface area contributed by atoms with Gasteiger partial charge in [0.1, 0.15) is 5.75 Å². The van der Waals surface area contributed by atoms with Crippen LogP contribution in [0.2, 0.25) is 0 Å². The molecule has 0 aliphatic rings. The Morgan fingerprint density at radius 2 is 2.15 bits per heavy atom. The van der Waals surface area contributed by atoms with Crippen molar-refractivity contribution in [3.63, 3.8) is 0 Å². The second kappa shape index (κ2) is 7.04. The molecule has 0 bridgehead atoms. The molecule has 5 nitrogen and oxygen atoms in total. The minimum Gasteiger partial charge on any atom is -0.434 e. The van der Waals surface area contributed by atoms with Crippen molar-refractivity contribution in [1.82, 2.24) is 4.90 Å². The van der Waals surface area contributed by atoms with Gasteiger partial charge in [0.25, 0.3) is 0 Å². The van der Waals surface area contributed by atoms with E-state index in [1.165, 1.54) is 18.0 Å². The van der Waals surface area contributed by atoms with Crippen LogP contribution >= 0.6 is 0 Å². The van der Waals surface area contributed by atoms with Crippen LogP contribution in [0.3, 0.4) is 0 Å². The van der Waals surface area contributed by atoms with E-state index in [9.17, 15) is 13.6 Å². The number of urea groups is 1. The smallest absolute Gasteiger partial charge is 0.387 e. The van der Waals surface area contributed by atoms with Gasteiger partial charge in [-0.05, 0) is 25.5 Å². The first kappa shape index (κ1) is 16.2. The number of hydrogen-bond donors (Lipinski definition) is 2. The van der Waals surface area contributed by atoms with E-state index in [-0.39, 0.29) is 18.4 Å². The number of alkyl halides is 2. The quantitative estimate of drug-likeness (QED) is 0.874. The fourth-order valence-electron chi connectivity index (χ4n) is 1.44. The Balaban J connectivity index is 2.80. The summed E-state index contributed by atoms with van der Waals surface area (Å²) in [4.78, 5) is 13.2. The van der Waals surface area contributed by atoms with Gasteiger partial charge in [-0.25, -0.2) is 4.79 Å². The number of halogens is 2. The van der Waals surface area contributed by atoms with Gasteiger partial charge in [-0.3, -0.25) is 0 Å². The molecular formula is C13H18F2N2O3. The summed E-state index contributed by atoms with van der Waals surface area (Å²) in [5, 5.41) is 11.5. The van der Waals surface area contributed by atoms with Gasteiger partial charge in [0, 0.05) is 18.8 Å². The van der Waals surface area contributed by atoms with E-state index in [1.807, 2.05) is 0 Å². The standard InChI is InChI=1S/C13H18F2N2O3/c1-8-4-5-10(6-11(8)20-12(14)15)16-13(19)17(3)9(2)7-18/h4-6,9,12,18H,7H2,1-3H3,(H,16,19). The number of nitrogens with zero attached hydrogens (tertiary/aromatic N) is 1. The predicted molar refractivity (Wildman–Crippen MR) is 71.1 cm³/mol. The predicted octanol–water partition coefficient (Wildman–Crippen LogP) is 2.44. The van der Waals surface area contributed by atoms with Crippen LogP contribution in [0.1, 0.15) is 12.5 Å². The molecule has 1 aromatic carbocycles. The molecule has 20 heavy (non-hydrogen) atoms. The van der Waals surface area contributed by atoms with E-state index in [2.05, 4.69) is 10.1 Å². The number of nitrogens with one attached hydrogen (secondary N) is 1. The van der Waals surface area contributed by atoms with Crippen molar-refractivity contribution < 1.29 is 23.4 Å². The second-order valence-electron chi connectivity index (χ2n) is 4.43. The molecule has 1 atom stereocenters. The third-order valence-electron chi connectivity index (χ3n) is 2.90. The van der Waals surface area contributed by atoms with Crippen LogP contribution in [0.15, 0.2) is 18.2 Å². The van der Waals surface area contributed by atoms with E-state index in [0.717, 1.165) is 0 Å². The fraction of sp³-hybridized carbons (Fsp3) is 0.462. The minimum atomic E-state index is -2.92. The highest BCUT2D eigenvalue weighted by molar-refractivity contribution is 5.89. The first-order valence-electron chi connectivity index (χ1n) is 6.05. The van der Waals surface area contributed by atoms with Crippen LogP contribution in [0.4, 0.5) is 19.3 Å². The highest BCUT2D eigenvalue weighted by Crippen LogP contribution is 2.24. The van der Waals surface area contributed by atoms with Gasteiger partial charge in [0.05, 0.1) is 12.6 Å². The number of carbonyl (C=O) groups is 1. The van der Waals surface area contributed by atoms with Gasteiger partial charge in [-0.1, -0.05) is 6.07 Å². The number of carbonyl (C=O) groups excluding carboxylic acids is 1. The molecule has 112 valence electrons. The molecule has 0 spiro atoms. The molecule has 2 N–H and O–H groups in total. The Morgan fingerprint density at radius 1 is 1.50 bits per heavy atom. The summed E-state index contributed by atoms with van der Waals surface area (Å²) in [5.41, 5.74) is 0.883. The molecule has 0 aliphatic heterocycles. The third kappa shape index (κ3) is 4.34. The van der Waals surface area contributed by atoms with Gasteiger partial charge in [0.15, 0.2) is 0 Å². The van der Waals surface area contributed by atoms with Crippen LogP contribution < -0.4 is 10.1 Å². The van der Waals surface area contributed by atoms with Crippen LogP contribution in [0.25, 0.3) is 0 Å². The fourth-order valence-corrected chi connectivity index (χ4v) is 1.44. The molecule has 0 aromatic heterocycles. The molecule has 1 rings (SSSR count). The lowest BCUT2D eigenvalue weighted by atomic mass is 10.2. The largest absolute Gasteiger partial charge is 0.434 e. The van der Waals surface area contributed by atoms with Crippen LogP contribution in [0.5, 0.6) is 5.75 Å². The maximum absolute atomic E-state index is 12.2. The monoisotopic (exact) mass is 288 g/mol. The third-order valence-corrected chi connectivity index (χ3v) is 2.90. The Bertz CT molecular complexity index is 469. The lowest BCUT2D eigenvalue weighted by Gasteiger charge is -2.23. The van der Waals surface area contributed by atoms with Crippen LogP contribution in [-0.4, -0.2) is 42.3 Å². The van der Waals surface area contributed by atoms with E-state index in [0.29, 0.717) is 11.3 Å². The zero-order valence-corrected chi connectivity index (χ0v) is 11.6. The molecule has 0 fully saturated rings. The Morgan fingerprint density at radius 3 is 2.70 bits per heavy atom. The van der Waals surface area contributed by atoms with Gasteiger partial charge in [-0.15, -0.1) is 0 Å². The Labute approximate surface area is 116 Å². The number of benzene rings is 1. The number of anilines is 1. The molecule has 0 saturated carbocycles. The average molecular weight is 288 g/mol. The number of aryl methyl sites for hydroxylation is 1. The summed E-state index contributed by atoms with van der Waals surface area (Å²) < 4.78 is 28.8. The Hall–Kier alpha value is -1.89. The molecular weight excluding hydrogens is 270 g/mol. The highest BCUT2D eigenvalue weighted by atomic mass is 19.3. The summed E-state index contributed by atoms with van der Waals surface area (Å²) in [7, 11) is 1.53. The van der Waals surface area contributed by atoms with Crippen molar-refractivity contribution in [2.75, 3.05) is 19.0 Å². The summed E-state index contributed by atoms with van der Waals surface area (Å²) in [6, 6.07) is 3.69.